The van der Waals surface area contributed by atoms with Gasteiger partial charge in [0.1, 0.15) is 0 Å². The van der Waals surface area contributed by atoms with Crippen LogP contribution in [0.5, 0.6) is 0 Å². The van der Waals surface area contributed by atoms with Crippen molar-refractivity contribution >= 4 is 16.7 Å². The number of aryl methyl sites for hydroxylation is 2. The molecular weight excluding hydrogens is 200 g/mol. The maximum atomic E-state index is 5.93. The maximum absolute atomic E-state index is 5.93. The summed E-state index contributed by atoms with van der Waals surface area (Å²) in [6.45, 7) is 5.08. The number of hydrogen-bond donors (Lipinski definition) is 1. The summed E-state index contributed by atoms with van der Waals surface area (Å²) in [6, 6.07) is 1.89. The standard InChI is InChI=1S/C12H18N4/c1-3-4-5-6-16-12-10(8-14-16)11(13)7-9(2)15-12/h7-8H,3-6H2,1-2H3,(H2,13,15). The number of nitrogen functional groups attached to an aromatic ring is 1. The van der Waals surface area contributed by atoms with Crippen LogP contribution >= 0.6 is 0 Å². The van der Waals surface area contributed by atoms with E-state index in [1.165, 1.54) is 12.8 Å². The van der Waals surface area contributed by atoms with Crippen LogP contribution in [0.3, 0.4) is 0 Å². The summed E-state index contributed by atoms with van der Waals surface area (Å²) < 4.78 is 1.95. The van der Waals surface area contributed by atoms with Gasteiger partial charge in [0, 0.05) is 17.9 Å². The fourth-order valence-electron chi connectivity index (χ4n) is 1.88. The van der Waals surface area contributed by atoms with Crippen molar-refractivity contribution in [3.63, 3.8) is 0 Å². The van der Waals surface area contributed by atoms with E-state index >= 15 is 0 Å². The molecule has 0 unspecified atom stereocenters. The molecule has 2 N–H and O–H groups in total. The van der Waals surface area contributed by atoms with Crippen LogP contribution in [0, 0.1) is 6.92 Å². The highest BCUT2D eigenvalue weighted by Gasteiger charge is 2.07. The van der Waals surface area contributed by atoms with E-state index in [2.05, 4.69) is 17.0 Å². The van der Waals surface area contributed by atoms with Gasteiger partial charge >= 0.3 is 0 Å². The molecule has 0 saturated heterocycles. The average molecular weight is 218 g/mol. The topological polar surface area (TPSA) is 56.7 Å². The zero-order chi connectivity index (χ0) is 11.5. The Balaban J connectivity index is 2.32. The van der Waals surface area contributed by atoms with Gasteiger partial charge in [-0.05, 0) is 19.4 Å². The third-order valence-electron chi connectivity index (χ3n) is 2.74. The minimum Gasteiger partial charge on any atom is -0.398 e. The summed E-state index contributed by atoms with van der Waals surface area (Å²) in [4.78, 5) is 4.50. The smallest absolute Gasteiger partial charge is 0.160 e. The molecule has 2 aromatic rings. The number of nitrogens with two attached hydrogens (primary N) is 1. The Labute approximate surface area is 95.5 Å². The molecular formula is C12H18N4. The number of aromatic nitrogens is 3. The Morgan fingerprint density at radius 1 is 1.38 bits per heavy atom. The number of rotatable bonds is 4. The van der Waals surface area contributed by atoms with Crippen molar-refractivity contribution in [3.05, 3.63) is 18.0 Å². The third-order valence-corrected chi connectivity index (χ3v) is 2.74. The summed E-state index contributed by atoms with van der Waals surface area (Å²) in [5.74, 6) is 0. The molecule has 0 aliphatic carbocycles. The second-order valence-corrected chi connectivity index (χ2v) is 4.16. The predicted octanol–water partition coefficient (Wildman–Crippen LogP) is 2.51. The second kappa shape index (κ2) is 4.51. The molecule has 0 aliphatic heterocycles. The monoisotopic (exact) mass is 218 g/mol. The van der Waals surface area contributed by atoms with E-state index in [4.69, 9.17) is 5.73 Å². The first kappa shape index (κ1) is 10.9. The van der Waals surface area contributed by atoms with Crippen LogP contribution < -0.4 is 5.73 Å². The van der Waals surface area contributed by atoms with Crippen molar-refractivity contribution in [1.82, 2.24) is 14.8 Å². The van der Waals surface area contributed by atoms with Crippen molar-refractivity contribution < 1.29 is 0 Å². The molecule has 2 aromatic heterocycles. The molecule has 0 fully saturated rings. The van der Waals surface area contributed by atoms with E-state index in [0.29, 0.717) is 0 Å². The SMILES string of the molecule is CCCCCn1ncc2c(N)cc(C)nc21. The number of fused-ring (bicyclic) bond motifs is 1. The van der Waals surface area contributed by atoms with Crippen LogP contribution in [0.1, 0.15) is 31.9 Å². The first-order valence-electron chi connectivity index (χ1n) is 5.81. The maximum Gasteiger partial charge on any atom is 0.160 e. The molecule has 4 nitrogen and oxygen atoms in total. The molecule has 0 atom stereocenters. The molecule has 16 heavy (non-hydrogen) atoms. The van der Waals surface area contributed by atoms with Gasteiger partial charge in [0.25, 0.3) is 0 Å². The highest BCUT2D eigenvalue weighted by atomic mass is 15.3. The molecule has 86 valence electrons. The number of unbranched alkanes of at least 4 members (excludes halogenated alkanes) is 2. The fraction of sp³-hybridized carbons (Fsp3) is 0.500. The minimum atomic E-state index is 0.768. The van der Waals surface area contributed by atoms with E-state index in [1.54, 1.807) is 0 Å². The lowest BCUT2D eigenvalue weighted by atomic mass is 10.2. The molecule has 0 aliphatic rings. The van der Waals surface area contributed by atoms with E-state index < -0.39 is 0 Å². The van der Waals surface area contributed by atoms with Crippen molar-refractivity contribution in [3.8, 4) is 0 Å². The van der Waals surface area contributed by atoms with Crippen LogP contribution in [0.4, 0.5) is 5.69 Å². The van der Waals surface area contributed by atoms with Crippen molar-refractivity contribution in [2.45, 2.75) is 39.7 Å². The zero-order valence-corrected chi connectivity index (χ0v) is 9.90. The molecule has 2 heterocycles. The Bertz CT molecular complexity index is 487. The first-order valence-corrected chi connectivity index (χ1v) is 5.81. The molecule has 2 rings (SSSR count). The number of nitrogens with zero attached hydrogens (tertiary/aromatic N) is 3. The van der Waals surface area contributed by atoms with Crippen LogP contribution in [0.2, 0.25) is 0 Å². The quantitative estimate of drug-likeness (QED) is 0.802. The number of hydrogen-bond acceptors (Lipinski definition) is 3. The van der Waals surface area contributed by atoms with Crippen LogP contribution in [0.15, 0.2) is 12.3 Å². The largest absolute Gasteiger partial charge is 0.398 e. The average Bonchev–Trinajstić information content (AvgIpc) is 2.62. The predicted molar refractivity (Wildman–Crippen MR) is 66.2 cm³/mol. The first-order chi connectivity index (χ1) is 7.72. The molecule has 0 spiro atoms. The molecule has 0 saturated carbocycles. The minimum absolute atomic E-state index is 0.768. The van der Waals surface area contributed by atoms with Gasteiger partial charge in [-0.15, -0.1) is 0 Å². The van der Waals surface area contributed by atoms with Gasteiger partial charge in [-0.25, -0.2) is 9.67 Å². The highest BCUT2D eigenvalue weighted by Crippen LogP contribution is 2.20. The van der Waals surface area contributed by atoms with E-state index in [1.807, 2.05) is 23.9 Å². The van der Waals surface area contributed by atoms with Crippen LogP contribution in [-0.4, -0.2) is 14.8 Å². The molecule has 0 radical (unpaired) electrons. The van der Waals surface area contributed by atoms with Crippen LogP contribution in [0.25, 0.3) is 11.0 Å². The van der Waals surface area contributed by atoms with Crippen molar-refractivity contribution in [2.75, 3.05) is 5.73 Å². The third kappa shape index (κ3) is 2.01. The van der Waals surface area contributed by atoms with Crippen molar-refractivity contribution in [1.29, 1.82) is 0 Å². The van der Waals surface area contributed by atoms with Gasteiger partial charge in [-0.1, -0.05) is 19.8 Å². The summed E-state index contributed by atoms with van der Waals surface area (Å²) >= 11 is 0. The fourth-order valence-corrected chi connectivity index (χ4v) is 1.88. The lowest BCUT2D eigenvalue weighted by molar-refractivity contribution is 0.564. The second-order valence-electron chi connectivity index (χ2n) is 4.16. The Morgan fingerprint density at radius 2 is 2.19 bits per heavy atom. The summed E-state index contributed by atoms with van der Waals surface area (Å²) in [6.07, 6.45) is 5.39. The van der Waals surface area contributed by atoms with Gasteiger partial charge in [-0.2, -0.15) is 5.10 Å². The van der Waals surface area contributed by atoms with E-state index in [0.717, 1.165) is 35.4 Å². The van der Waals surface area contributed by atoms with Crippen LogP contribution in [-0.2, 0) is 6.54 Å². The molecule has 0 amide bonds. The van der Waals surface area contributed by atoms with Gasteiger partial charge in [0.15, 0.2) is 5.65 Å². The number of anilines is 1. The van der Waals surface area contributed by atoms with E-state index in [9.17, 15) is 0 Å². The molecule has 4 heteroatoms. The Hall–Kier alpha value is -1.58. The van der Waals surface area contributed by atoms with Gasteiger partial charge in [0.05, 0.1) is 11.6 Å². The molecule has 0 aromatic carbocycles. The van der Waals surface area contributed by atoms with Gasteiger partial charge in [0.2, 0.25) is 0 Å². The van der Waals surface area contributed by atoms with Crippen molar-refractivity contribution in [2.24, 2.45) is 0 Å². The Morgan fingerprint density at radius 3 is 2.94 bits per heavy atom. The Kier molecular flexibility index (Phi) is 3.08. The molecule has 0 bridgehead atoms. The number of pyridine rings is 1. The lowest BCUT2D eigenvalue weighted by Gasteiger charge is -2.03. The highest BCUT2D eigenvalue weighted by molar-refractivity contribution is 5.87. The lowest BCUT2D eigenvalue weighted by Crippen LogP contribution is -2.02. The zero-order valence-electron chi connectivity index (χ0n) is 9.90. The van der Waals surface area contributed by atoms with E-state index in [-0.39, 0.29) is 0 Å². The van der Waals surface area contributed by atoms with Gasteiger partial charge in [-0.3, -0.25) is 0 Å². The summed E-state index contributed by atoms with van der Waals surface area (Å²) in [5.41, 5.74) is 8.56. The summed E-state index contributed by atoms with van der Waals surface area (Å²) in [7, 11) is 0. The normalized spacial score (nSPS) is 11.1. The summed E-state index contributed by atoms with van der Waals surface area (Å²) in [5, 5.41) is 5.30. The van der Waals surface area contributed by atoms with Gasteiger partial charge < -0.3 is 5.73 Å².